The SMILES string of the molecule is Cc1nc(C)c(C(=O)O)c(SCC(=O)NCC(F)(F)F)n1. The molecule has 0 aromatic carbocycles. The summed E-state index contributed by atoms with van der Waals surface area (Å²) >= 11 is 0.751. The number of amides is 1. The summed E-state index contributed by atoms with van der Waals surface area (Å²) in [5.74, 6) is -2.17. The van der Waals surface area contributed by atoms with Crippen LogP contribution in [0.25, 0.3) is 0 Å². The van der Waals surface area contributed by atoms with Gasteiger partial charge in [-0.05, 0) is 13.8 Å². The van der Waals surface area contributed by atoms with Gasteiger partial charge in [-0.3, -0.25) is 4.79 Å². The summed E-state index contributed by atoms with van der Waals surface area (Å²) in [6.45, 7) is 1.60. The number of nitrogens with one attached hydrogen (secondary N) is 1. The lowest BCUT2D eigenvalue weighted by atomic mass is 10.2. The van der Waals surface area contributed by atoms with Crippen LogP contribution in [0.1, 0.15) is 21.9 Å². The van der Waals surface area contributed by atoms with Crippen LogP contribution in [0.5, 0.6) is 0 Å². The number of aromatic nitrogens is 2. The van der Waals surface area contributed by atoms with Crippen LogP contribution >= 0.6 is 11.8 Å². The molecule has 6 nitrogen and oxygen atoms in total. The van der Waals surface area contributed by atoms with Gasteiger partial charge in [-0.15, -0.1) is 0 Å². The largest absolute Gasteiger partial charge is 0.478 e. The fourth-order valence-corrected chi connectivity index (χ4v) is 2.36. The quantitative estimate of drug-likeness (QED) is 0.631. The molecule has 2 N–H and O–H groups in total. The van der Waals surface area contributed by atoms with Crippen LogP contribution in [-0.2, 0) is 4.79 Å². The number of aromatic carboxylic acids is 1. The van der Waals surface area contributed by atoms with Gasteiger partial charge < -0.3 is 10.4 Å². The summed E-state index contributed by atoms with van der Waals surface area (Å²) in [7, 11) is 0. The van der Waals surface area contributed by atoms with E-state index >= 15 is 0 Å². The average Bonchev–Trinajstić information content (AvgIpc) is 2.31. The molecule has 0 saturated carbocycles. The number of nitrogens with zero attached hydrogens (tertiary/aromatic N) is 2. The predicted molar refractivity (Wildman–Crippen MR) is 68.3 cm³/mol. The Hall–Kier alpha value is -1.84. The van der Waals surface area contributed by atoms with E-state index in [-0.39, 0.29) is 22.0 Å². The van der Waals surface area contributed by atoms with E-state index in [1.54, 1.807) is 12.2 Å². The molecule has 0 fully saturated rings. The van der Waals surface area contributed by atoms with E-state index in [0.29, 0.717) is 5.82 Å². The Balaban J connectivity index is 2.75. The zero-order valence-corrected chi connectivity index (χ0v) is 11.9. The number of aryl methyl sites for hydroxylation is 2. The van der Waals surface area contributed by atoms with Crippen molar-refractivity contribution in [2.75, 3.05) is 12.3 Å². The number of hydrogen-bond donors (Lipinski definition) is 2. The molecule has 0 unspecified atom stereocenters. The minimum atomic E-state index is -4.49. The number of hydrogen-bond acceptors (Lipinski definition) is 5. The van der Waals surface area contributed by atoms with Gasteiger partial charge in [0.25, 0.3) is 0 Å². The van der Waals surface area contributed by atoms with E-state index in [0.717, 1.165) is 11.8 Å². The van der Waals surface area contributed by atoms with Gasteiger partial charge in [-0.25, -0.2) is 14.8 Å². The van der Waals surface area contributed by atoms with Crippen molar-refractivity contribution in [1.82, 2.24) is 15.3 Å². The van der Waals surface area contributed by atoms with Gasteiger partial charge in [0.15, 0.2) is 0 Å². The van der Waals surface area contributed by atoms with Crippen LogP contribution < -0.4 is 5.32 Å². The Kier molecular flexibility index (Phi) is 5.53. The highest BCUT2D eigenvalue weighted by molar-refractivity contribution is 8.00. The maximum atomic E-state index is 11.9. The fraction of sp³-hybridized carbons (Fsp3) is 0.455. The van der Waals surface area contributed by atoms with Gasteiger partial charge in [0.2, 0.25) is 5.91 Å². The summed E-state index contributed by atoms with van der Waals surface area (Å²) < 4.78 is 35.8. The first-order valence-electron chi connectivity index (χ1n) is 5.65. The smallest absolute Gasteiger partial charge is 0.405 e. The van der Waals surface area contributed by atoms with Crippen molar-refractivity contribution in [3.8, 4) is 0 Å². The summed E-state index contributed by atoms with van der Waals surface area (Å²) in [5, 5.41) is 10.8. The highest BCUT2D eigenvalue weighted by atomic mass is 32.2. The van der Waals surface area contributed by atoms with Crippen molar-refractivity contribution in [1.29, 1.82) is 0 Å². The van der Waals surface area contributed by atoms with Crippen molar-refractivity contribution in [2.24, 2.45) is 0 Å². The number of rotatable bonds is 5. The highest BCUT2D eigenvalue weighted by Gasteiger charge is 2.27. The average molecular weight is 323 g/mol. The number of alkyl halides is 3. The van der Waals surface area contributed by atoms with E-state index in [4.69, 9.17) is 5.11 Å². The fourth-order valence-electron chi connectivity index (χ4n) is 1.42. The monoisotopic (exact) mass is 323 g/mol. The molecule has 1 aromatic rings. The number of halogens is 3. The second-order valence-electron chi connectivity index (χ2n) is 4.02. The predicted octanol–water partition coefficient (Wildman–Crippen LogP) is 1.56. The molecule has 0 atom stereocenters. The molecule has 0 aliphatic rings. The van der Waals surface area contributed by atoms with E-state index in [1.807, 2.05) is 0 Å². The second-order valence-corrected chi connectivity index (χ2v) is 4.99. The first-order chi connectivity index (χ1) is 9.60. The van der Waals surface area contributed by atoms with Gasteiger partial charge in [-0.2, -0.15) is 13.2 Å². The van der Waals surface area contributed by atoms with Crippen LogP contribution in [0.4, 0.5) is 13.2 Å². The normalized spacial score (nSPS) is 11.3. The number of thioether (sulfide) groups is 1. The number of carbonyl (C=O) groups is 2. The molecule has 0 radical (unpaired) electrons. The van der Waals surface area contributed by atoms with Crippen molar-refractivity contribution in [2.45, 2.75) is 25.0 Å². The third-order valence-electron chi connectivity index (χ3n) is 2.21. The Labute approximate surface area is 122 Å². The van der Waals surface area contributed by atoms with E-state index in [9.17, 15) is 22.8 Å². The molecule has 0 aliphatic heterocycles. The molecule has 1 amide bonds. The molecule has 1 heterocycles. The lowest BCUT2D eigenvalue weighted by Crippen LogP contribution is -2.34. The van der Waals surface area contributed by atoms with Crippen molar-refractivity contribution >= 4 is 23.6 Å². The molecule has 0 saturated heterocycles. The Bertz CT molecular complexity index is 564. The van der Waals surface area contributed by atoms with Gasteiger partial charge in [0, 0.05) is 0 Å². The van der Waals surface area contributed by atoms with Crippen LogP contribution in [0, 0.1) is 13.8 Å². The molecule has 0 bridgehead atoms. The summed E-state index contributed by atoms with van der Waals surface area (Å²) in [4.78, 5) is 30.2. The first-order valence-corrected chi connectivity index (χ1v) is 6.63. The van der Waals surface area contributed by atoms with Gasteiger partial charge in [0.1, 0.15) is 23.0 Å². The van der Waals surface area contributed by atoms with Crippen LogP contribution in [0.15, 0.2) is 5.03 Å². The third kappa shape index (κ3) is 5.58. The molecule has 1 aromatic heterocycles. The lowest BCUT2D eigenvalue weighted by molar-refractivity contribution is -0.136. The second kappa shape index (κ2) is 6.74. The van der Waals surface area contributed by atoms with Crippen molar-refractivity contribution < 1.29 is 27.9 Å². The van der Waals surface area contributed by atoms with Crippen LogP contribution in [0.3, 0.4) is 0 Å². The minimum absolute atomic E-state index is 0.0506. The summed E-state index contributed by atoms with van der Waals surface area (Å²) in [6.07, 6.45) is -4.49. The van der Waals surface area contributed by atoms with Crippen LogP contribution in [0.2, 0.25) is 0 Å². The third-order valence-corrected chi connectivity index (χ3v) is 3.18. The van der Waals surface area contributed by atoms with E-state index in [1.165, 1.54) is 6.92 Å². The van der Waals surface area contributed by atoms with E-state index in [2.05, 4.69) is 9.97 Å². The zero-order valence-electron chi connectivity index (χ0n) is 11.1. The van der Waals surface area contributed by atoms with Crippen molar-refractivity contribution in [3.63, 3.8) is 0 Å². The number of carboxylic acid groups (broad SMARTS) is 1. The topological polar surface area (TPSA) is 92.2 Å². The Morgan fingerprint density at radius 2 is 1.90 bits per heavy atom. The number of carbonyl (C=O) groups excluding carboxylic acids is 1. The molecular weight excluding hydrogens is 311 g/mol. The van der Waals surface area contributed by atoms with Crippen molar-refractivity contribution in [3.05, 3.63) is 17.1 Å². The van der Waals surface area contributed by atoms with E-state index < -0.39 is 24.6 Å². The number of carboxylic acids is 1. The minimum Gasteiger partial charge on any atom is -0.478 e. The van der Waals surface area contributed by atoms with Crippen LogP contribution in [-0.4, -0.2) is 45.4 Å². The summed E-state index contributed by atoms with van der Waals surface area (Å²) in [5.41, 5.74) is 0.0717. The Morgan fingerprint density at radius 3 is 2.43 bits per heavy atom. The molecule has 21 heavy (non-hydrogen) atoms. The molecular formula is C11H12F3N3O3S. The summed E-state index contributed by atoms with van der Waals surface area (Å²) in [6, 6.07) is 0. The lowest BCUT2D eigenvalue weighted by Gasteiger charge is -2.10. The molecule has 0 aliphatic carbocycles. The molecule has 1 rings (SSSR count). The standard InChI is InChI=1S/C11H12F3N3O3S/c1-5-8(10(19)20)9(17-6(2)16-5)21-3-7(18)15-4-11(12,13)14/h3-4H2,1-2H3,(H,15,18)(H,19,20). The van der Waals surface area contributed by atoms with Gasteiger partial charge in [-0.1, -0.05) is 11.8 Å². The van der Waals surface area contributed by atoms with Gasteiger partial charge >= 0.3 is 12.1 Å². The zero-order chi connectivity index (χ0) is 16.2. The maximum Gasteiger partial charge on any atom is 0.405 e. The van der Waals surface area contributed by atoms with Gasteiger partial charge in [0.05, 0.1) is 11.4 Å². The Morgan fingerprint density at radius 1 is 1.29 bits per heavy atom. The highest BCUT2D eigenvalue weighted by Crippen LogP contribution is 2.22. The molecule has 10 heteroatoms. The first kappa shape index (κ1) is 17.2. The molecule has 116 valence electrons. The molecule has 0 spiro atoms. The maximum absolute atomic E-state index is 11.9.